The molecule has 0 spiro atoms. The number of rotatable bonds is 0. The van der Waals surface area contributed by atoms with Gasteiger partial charge in [0.05, 0.1) is 0 Å². The molecule has 0 unspecified atom stereocenters. The van der Waals surface area contributed by atoms with Crippen LogP contribution in [-0.4, -0.2) is 36.2 Å². The Morgan fingerprint density at radius 1 is 1.20 bits per heavy atom. The first kappa shape index (κ1) is 25.8. The van der Waals surface area contributed by atoms with E-state index < -0.39 is 0 Å². The molecular formula is CdGaGeOZn. The van der Waals surface area contributed by atoms with Crippen LogP contribution in [0.1, 0.15) is 0 Å². The second-order valence-corrected chi connectivity index (χ2v) is 0. The van der Waals surface area contributed by atoms with Crippen LogP contribution in [0.5, 0.6) is 0 Å². The van der Waals surface area contributed by atoms with Gasteiger partial charge >= 0.3 is 20.2 Å². The summed E-state index contributed by atoms with van der Waals surface area (Å²) < 4.78 is 8.25. The summed E-state index contributed by atoms with van der Waals surface area (Å²) in [7, 11) is 0. The van der Waals surface area contributed by atoms with Gasteiger partial charge in [-0.25, -0.2) is 0 Å². The van der Waals surface area contributed by atoms with E-state index in [1.165, 1.54) is 0 Å². The van der Waals surface area contributed by atoms with Crippen molar-refractivity contribution in [3.63, 3.8) is 0 Å². The Labute approximate surface area is 85.4 Å². The van der Waals surface area contributed by atoms with Crippen molar-refractivity contribution in [2.75, 3.05) is 0 Å². The normalized spacial score (nSPS) is 0.800. The van der Waals surface area contributed by atoms with Crippen LogP contribution in [0, 0.1) is 0 Å². The van der Waals surface area contributed by atoms with Gasteiger partial charge in [-0.3, -0.25) is 0 Å². The van der Waals surface area contributed by atoms with Crippen LogP contribution in [0.3, 0.4) is 0 Å². The molecule has 0 amide bonds. The molecule has 5 heteroatoms. The Hall–Kier alpha value is 2.52. The molecule has 0 saturated heterocycles. The molecule has 0 heterocycles. The van der Waals surface area contributed by atoms with Gasteiger partial charge in [0.15, 0.2) is 0 Å². The van der Waals surface area contributed by atoms with Gasteiger partial charge in [0.2, 0.25) is 0 Å². The van der Waals surface area contributed by atoms with Gasteiger partial charge in [-0.2, -0.15) is 0 Å². The Morgan fingerprint density at radius 3 is 1.20 bits per heavy atom. The smallest absolute Gasteiger partial charge is 0 e. The summed E-state index contributed by atoms with van der Waals surface area (Å²) in [6, 6.07) is 0. The van der Waals surface area contributed by atoms with Crippen molar-refractivity contribution in [3.8, 4) is 0 Å². The molecule has 5 radical (unpaired) electrons. The van der Waals surface area contributed by atoms with Crippen molar-refractivity contribution in [2.45, 2.75) is 0 Å². The number of hydrogen-bond acceptors (Lipinski definition) is 1. The zero-order valence-electron chi connectivity index (χ0n) is 2.90. The van der Waals surface area contributed by atoms with Gasteiger partial charge in [0.25, 0.3) is 0 Å². The second kappa shape index (κ2) is 31.2. The summed E-state index contributed by atoms with van der Waals surface area (Å²) in [6.07, 6.45) is 0. The first-order chi connectivity index (χ1) is 1.00. The summed E-state index contributed by atoms with van der Waals surface area (Å²) in [4.78, 5) is 0. The summed E-state index contributed by atoms with van der Waals surface area (Å²) in [6.45, 7) is 0. The van der Waals surface area contributed by atoms with Crippen molar-refractivity contribution in [1.82, 2.24) is 0 Å². The monoisotopic (exact) mass is 337 g/mol. The molecular weight excluding hydrogens is 336 g/mol. The van der Waals surface area contributed by atoms with Crippen LogP contribution in [-0.2, 0) is 50.6 Å². The third kappa shape index (κ3) is 21.0. The summed E-state index contributed by atoms with van der Waals surface area (Å²) in [5, 5.41) is 0. The first-order valence-corrected chi connectivity index (χ1v) is 1.06. The summed E-state index contributed by atoms with van der Waals surface area (Å²) in [5.74, 6) is 0. The molecule has 0 aliphatic heterocycles. The SMILES string of the molecule is [Cd].[Ga].[O]=[Ge].[Zn]. The van der Waals surface area contributed by atoms with Crippen molar-refractivity contribution in [1.29, 1.82) is 0 Å². The molecule has 0 saturated carbocycles. The minimum absolute atomic E-state index is 0. The molecule has 5 heavy (non-hydrogen) atoms. The topological polar surface area (TPSA) is 17.1 Å². The fourth-order valence-corrected chi connectivity index (χ4v) is 0. The molecule has 0 aliphatic rings. The van der Waals surface area contributed by atoms with E-state index in [-0.39, 0.29) is 66.6 Å². The average Bonchev–Trinajstić information content (AvgIpc) is 1.00. The van der Waals surface area contributed by atoms with E-state index in [1.807, 2.05) is 0 Å². The Balaban J connectivity index is -0.00000000167. The summed E-state index contributed by atoms with van der Waals surface area (Å²) >= 11 is 0.750. The van der Waals surface area contributed by atoms with Gasteiger partial charge in [-0.05, 0) is 0 Å². The van der Waals surface area contributed by atoms with E-state index in [4.69, 9.17) is 3.78 Å². The predicted molar refractivity (Wildman–Crippen MR) is 12.2 cm³/mol. The Morgan fingerprint density at radius 2 is 1.20 bits per heavy atom. The zero-order chi connectivity index (χ0) is 2.00. The van der Waals surface area contributed by atoms with Crippen LogP contribution < -0.4 is 0 Å². The minimum Gasteiger partial charge on any atom is 0 e. The van der Waals surface area contributed by atoms with Crippen LogP contribution in [0.2, 0.25) is 0 Å². The maximum atomic E-state index is 8.25. The van der Waals surface area contributed by atoms with Crippen LogP contribution in [0.4, 0.5) is 0 Å². The van der Waals surface area contributed by atoms with Crippen molar-refractivity contribution in [2.24, 2.45) is 0 Å². The van der Waals surface area contributed by atoms with Gasteiger partial charge in [-0.1, -0.05) is 0 Å². The molecule has 0 fully saturated rings. The van der Waals surface area contributed by atoms with Gasteiger partial charge in [-0.15, -0.1) is 0 Å². The van der Waals surface area contributed by atoms with Gasteiger partial charge in [0, 0.05) is 66.6 Å². The number of hydrogen-bond donors (Lipinski definition) is 0. The zero-order valence-corrected chi connectivity index (χ0v) is 14.4. The quantitative estimate of drug-likeness (QED) is 0.525. The first-order valence-electron chi connectivity index (χ1n) is 0.204. The molecule has 0 aromatic rings. The molecule has 0 rings (SSSR count). The third-order valence-corrected chi connectivity index (χ3v) is 0. The molecule has 17 valence electrons. The maximum Gasteiger partial charge on any atom is 0 e. The standard InChI is InChI=1S/Cd.Ga.GeO.Zn/c;;1-2;. The Bertz CT molecular complexity index is 11.6. The van der Waals surface area contributed by atoms with Crippen molar-refractivity contribution < 1.29 is 50.6 Å². The average molecular weight is 336 g/mol. The molecule has 0 bridgehead atoms. The molecule has 0 N–H and O–H groups in total. The Kier molecular flexibility index (Phi) is 161. The molecule has 1 nitrogen and oxygen atoms in total. The van der Waals surface area contributed by atoms with E-state index in [2.05, 4.69) is 0 Å². The van der Waals surface area contributed by atoms with Gasteiger partial charge < -0.3 is 0 Å². The van der Waals surface area contributed by atoms with Crippen molar-refractivity contribution >= 4 is 36.2 Å². The fraction of sp³-hybridized carbons (Fsp3) is 0. The molecule has 0 aromatic heterocycles. The van der Waals surface area contributed by atoms with Crippen LogP contribution in [0.25, 0.3) is 0 Å². The van der Waals surface area contributed by atoms with Crippen molar-refractivity contribution in [3.05, 3.63) is 0 Å². The second-order valence-electron chi connectivity index (χ2n) is 0. The molecule has 0 atom stereocenters. The van der Waals surface area contributed by atoms with Crippen LogP contribution in [0.15, 0.2) is 0 Å². The maximum absolute atomic E-state index is 8.25. The van der Waals surface area contributed by atoms with Gasteiger partial charge in [0.1, 0.15) is 0 Å². The van der Waals surface area contributed by atoms with E-state index >= 15 is 0 Å². The summed E-state index contributed by atoms with van der Waals surface area (Å²) in [5.41, 5.74) is 0. The fourth-order valence-electron chi connectivity index (χ4n) is 0. The van der Waals surface area contributed by atoms with E-state index in [0.717, 1.165) is 16.5 Å². The predicted octanol–water partition coefficient (Wildman–Crippen LogP) is -0.885. The minimum atomic E-state index is 0. The van der Waals surface area contributed by atoms with E-state index in [0.29, 0.717) is 0 Å². The largest absolute Gasteiger partial charge is 0 e. The third-order valence-electron chi connectivity index (χ3n) is 0. The van der Waals surface area contributed by atoms with Crippen LogP contribution >= 0.6 is 0 Å². The van der Waals surface area contributed by atoms with E-state index in [1.54, 1.807) is 0 Å². The molecule has 0 aliphatic carbocycles. The molecule has 0 aromatic carbocycles. The van der Waals surface area contributed by atoms with E-state index in [9.17, 15) is 0 Å².